The van der Waals surface area contributed by atoms with Gasteiger partial charge in [0.1, 0.15) is 17.5 Å². The summed E-state index contributed by atoms with van der Waals surface area (Å²) in [5.41, 5.74) is 8.84. The van der Waals surface area contributed by atoms with Gasteiger partial charge in [-0.2, -0.15) is 0 Å². The van der Waals surface area contributed by atoms with E-state index in [2.05, 4.69) is 6.92 Å². The van der Waals surface area contributed by atoms with Crippen LogP contribution in [0.15, 0.2) is 36.4 Å². The predicted octanol–water partition coefficient (Wildman–Crippen LogP) is 8.76. The van der Waals surface area contributed by atoms with E-state index in [1.165, 1.54) is 5.56 Å². The summed E-state index contributed by atoms with van der Waals surface area (Å²) < 4.78 is 38.7. The van der Waals surface area contributed by atoms with Crippen LogP contribution in [0, 0.1) is 65.9 Å². The second kappa shape index (κ2) is 12.5. The number of hydrogen-bond acceptors (Lipinski definition) is 0. The minimum Gasteiger partial charge on any atom is -0.207 e. The van der Waals surface area contributed by atoms with Crippen LogP contribution in [0.2, 0.25) is 0 Å². The SMILES string of the molecule is CCc1cc(C)c(F)cc1C.CCc1cc(C)cc(F)c1C.Cc1cc(C)c(F)cc1C. The zero-order valence-corrected chi connectivity index (χ0v) is 21.0. The molecule has 0 N–H and O–H groups in total. The summed E-state index contributed by atoms with van der Waals surface area (Å²) in [5.74, 6) is -0.287. The van der Waals surface area contributed by atoms with Crippen molar-refractivity contribution in [1.82, 2.24) is 0 Å². The van der Waals surface area contributed by atoms with Gasteiger partial charge in [-0.05, 0) is 130 Å². The van der Waals surface area contributed by atoms with Crippen LogP contribution in [-0.4, -0.2) is 0 Å². The van der Waals surface area contributed by atoms with Crippen LogP contribution in [0.4, 0.5) is 13.2 Å². The van der Waals surface area contributed by atoms with E-state index in [1.54, 1.807) is 32.0 Å². The number of hydrogen-bond donors (Lipinski definition) is 0. The van der Waals surface area contributed by atoms with Crippen LogP contribution >= 0.6 is 0 Å². The van der Waals surface area contributed by atoms with E-state index < -0.39 is 0 Å². The van der Waals surface area contributed by atoms with Gasteiger partial charge in [0.2, 0.25) is 0 Å². The summed E-state index contributed by atoms with van der Waals surface area (Å²) in [7, 11) is 0. The normalized spacial score (nSPS) is 10.1. The van der Waals surface area contributed by atoms with Crippen molar-refractivity contribution in [2.24, 2.45) is 0 Å². The molecule has 0 aliphatic carbocycles. The summed E-state index contributed by atoms with van der Waals surface area (Å²) in [6, 6.07) is 10.6. The molecule has 3 rings (SSSR count). The van der Waals surface area contributed by atoms with E-state index in [0.717, 1.165) is 57.3 Å². The Balaban J connectivity index is 0.000000240. The van der Waals surface area contributed by atoms with E-state index in [1.807, 2.05) is 59.7 Å². The molecular weight excluding hydrogens is 405 g/mol. The molecule has 0 spiro atoms. The highest BCUT2D eigenvalue weighted by atomic mass is 19.1. The average Bonchev–Trinajstić information content (AvgIpc) is 2.73. The Morgan fingerprint density at radius 1 is 0.469 bits per heavy atom. The summed E-state index contributed by atoms with van der Waals surface area (Å²) in [4.78, 5) is 0. The molecule has 0 aliphatic heterocycles. The fourth-order valence-corrected chi connectivity index (χ4v) is 3.40. The minimum atomic E-state index is -0.108. The highest BCUT2D eigenvalue weighted by Crippen LogP contribution is 2.16. The molecule has 3 heteroatoms. The van der Waals surface area contributed by atoms with Crippen LogP contribution in [0.1, 0.15) is 63.9 Å². The Morgan fingerprint density at radius 2 is 0.938 bits per heavy atom. The predicted molar refractivity (Wildman–Crippen MR) is 131 cm³/mol. The molecule has 3 aromatic rings. The molecule has 0 atom stereocenters. The van der Waals surface area contributed by atoms with Crippen LogP contribution < -0.4 is 0 Å². The van der Waals surface area contributed by atoms with E-state index >= 15 is 0 Å². The van der Waals surface area contributed by atoms with Gasteiger partial charge in [0.25, 0.3) is 0 Å². The second-order valence-electron chi connectivity index (χ2n) is 8.45. The Hall–Kier alpha value is -2.55. The number of halogens is 3. The van der Waals surface area contributed by atoms with Gasteiger partial charge >= 0.3 is 0 Å². The van der Waals surface area contributed by atoms with Crippen molar-refractivity contribution in [1.29, 1.82) is 0 Å². The Labute approximate surface area is 192 Å². The summed E-state index contributed by atoms with van der Waals surface area (Å²) in [5, 5.41) is 0. The van der Waals surface area contributed by atoms with Gasteiger partial charge in [-0.1, -0.05) is 32.0 Å². The molecular formula is C29H37F3. The Kier molecular flexibility index (Phi) is 10.7. The van der Waals surface area contributed by atoms with Gasteiger partial charge < -0.3 is 0 Å². The molecule has 0 saturated carbocycles. The lowest BCUT2D eigenvalue weighted by atomic mass is 10.0. The second-order valence-corrected chi connectivity index (χ2v) is 8.45. The largest absolute Gasteiger partial charge is 0.207 e. The minimum absolute atomic E-state index is 0.0816. The third kappa shape index (κ3) is 7.85. The third-order valence-corrected chi connectivity index (χ3v) is 5.75. The molecule has 32 heavy (non-hydrogen) atoms. The quantitative estimate of drug-likeness (QED) is 0.372. The number of rotatable bonds is 2. The fourth-order valence-electron chi connectivity index (χ4n) is 3.40. The van der Waals surface area contributed by atoms with Gasteiger partial charge in [0.15, 0.2) is 0 Å². The maximum atomic E-state index is 13.0. The fraction of sp³-hybridized carbons (Fsp3) is 0.379. The zero-order chi connectivity index (χ0) is 24.6. The summed E-state index contributed by atoms with van der Waals surface area (Å²) in [6.45, 7) is 17.3. The Morgan fingerprint density at radius 3 is 1.44 bits per heavy atom. The highest BCUT2D eigenvalue weighted by Gasteiger charge is 2.03. The molecule has 3 aromatic carbocycles. The number of benzene rings is 3. The first-order valence-electron chi connectivity index (χ1n) is 11.2. The van der Waals surface area contributed by atoms with Gasteiger partial charge in [0.05, 0.1) is 0 Å². The molecule has 0 saturated heterocycles. The lowest BCUT2D eigenvalue weighted by Crippen LogP contribution is -1.92. The van der Waals surface area contributed by atoms with Crippen molar-refractivity contribution in [2.45, 2.75) is 75.2 Å². The molecule has 0 fully saturated rings. The lowest BCUT2D eigenvalue weighted by Gasteiger charge is -2.04. The first-order valence-corrected chi connectivity index (χ1v) is 11.2. The number of aryl methyl sites for hydroxylation is 8. The molecule has 0 radical (unpaired) electrons. The van der Waals surface area contributed by atoms with Gasteiger partial charge in [-0.25, -0.2) is 13.2 Å². The first-order chi connectivity index (χ1) is 14.9. The molecule has 0 heterocycles. The Bertz CT molecular complexity index is 999. The smallest absolute Gasteiger partial charge is 0.126 e. The van der Waals surface area contributed by atoms with Crippen molar-refractivity contribution in [3.63, 3.8) is 0 Å². The topological polar surface area (TPSA) is 0 Å². The monoisotopic (exact) mass is 442 g/mol. The van der Waals surface area contributed by atoms with Crippen molar-refractivity contribution in [2.75, 3.05) is 0 Å². The van der Waals surface area contributed by atoms with Gasteiger partial charge in [0, 0.05) is 0 Å². The maximum Gasteiger partial charge on any atom is 0.126 e. The van der Waals surface area contributed by atoms with E-state index in [0.29, 0.717) is 0 Å². The highest BCUT2D eigenvalue weighted by molar-refractivity contribution is 5.32. The van der Waals surface area contributed by atoms with E-state index in [9.17, 15) is 13.2 Å². The molecule has 0 bridgehead atoms. The average molecular weight is 443 g/mol. The molecule has 0 amide bonds. The molecule has 174 valence electrons. The van der Waals surface area contributed by atoms with E-state index in [-0.39, 0.29) is 17.5 Å². The molecule has 0 nitrogen and oxygen atoms in total. The molecule has 0 aromatic heterocycles. The van der Waals surface area contributed by atoms with Crippen LogP contribution in [-0.2, 0) is 12.8 Å². The van der Waals surface area contributed by atoms with Crippen molar-refractivity contribution in [3.8, 4) is 0 Å². The van der Waals surface area contributed by atoms with E-state index in [4.69, 9.17) is 0 Å². The van der Waals surface area contributed by atoms with Crippen molar-refractivity contribution >= 4 is 0 Å². The zero-order valence-electron chi connectivity index (χ0n) is 21.0. The first kappa shape index (κ1) is 27.5. The summed E-state index contributed by atoms with van der Waals surface area (Å²) >= 11 is 0. The van der Waals surface area contributed by atoms with Crippen molar-refractivity contribution in [3.05, 3.63) is 104 Å². The van der Waals surface area contributed by atoms with Gasteiger partial charge in [-0.15, -0.1) is 0 Å². The third-order valence-electron chi connectivity index (χ3n) is 5.75. The van der Waals surface area contributed by atoms with Crippen LogP contribution in [0.5, 0.6) is 0 Å². The molecule has 0 aliphatic rings. The van der Waals surface area contributed by atoms with Crippen LogP contribution in [0.3, 0.4) is 0 Å². The maximum absolute atomic E-state index is 13.0. The van der Waals surface area contributed by atoms with Gasteiger partial charge in [-0.3, -0.25) is 0 Å². The summed E-state index contributed by atoms with van der Waals surface area (Å²) in [6.07, 6.45) is 1.89. The van der Waals surface area contributed by atoms with Crippen LogP contribution in [0.25, 0.3) is 0 Å². The lowest BCUT2D eigenvalue weighted by molar-refractivity contribution is 0.614. The standard InChI is InChI=1S/2C10H13F.C9H11F/c1-4-9-5-8(3)10(11)6-7(9)2;1-4-9-5-7(2)6-10(11)8(9)3;1-6-4-8(3)9(10)5-7(6)2/h2*5-6H,4H2,1-3H3;4-5H,1-3H3. The molecule has 0 unspecified atom stereocenters. The van der Waals surface area contributed by atoms with Crippen molar-refractivity contribution < 1.29 is 13.2 Å².